The summed E-state index contributed by atoms with van der Waals surface area (Å²) in [5, 5.41) is 3.62. The summed E-state index contributed by atoms with van der Waals surface area (Å²) in [4.78, 5) is 0.0780. The number of nitrogen functional groups attached to an aromatic ring is 1. The molecule has 104 valence electrons. The van der Waals surface area contributed by atoms with E-state index in [2.05, 4.69) is 9.69 Å². The van der Waals surface area contributed by atoms with E-state index in [0.717, 1.165) is 17.8 Å². The summed E-state index contributed by atoms with van der Waals surface area (Å²) in [7, 11) is -1.78. The maximum Gasteiger partial charge on any atom is 0.182 e. The van der Waals surface area contributed by atoms with E-state index < -0.39 is 9.84 Å². The van der Waals surface area contributed by atoms with Gasteiger partial charge in [0, 0.05) is 13.4 Å². The van der Waals surface area contributed by atoms with Gasteiger partial charge < -0.3 is 15.8 Å². The topological polar surface area (TPSA) is 94.3 Å². The van der Waals surface area contributed by atoms with Crippen LogP contribution in [0.2, 0.25) is 0 Å². The van der Waals surface area contributed by atoms with Crippen molar-refractivity contribution in [2.24, 2.45) is 5.92 Å². The number of nitrogens with one attached hydrogen (secondary N) is 1. The third-order valence-corrected chi connectivity index (χ3v) is 4.59. The summed E-state index contributed by atoms with van der Waals surface area (Å²) in [6.45, 7) is 4.54. The molecule has 0 aromatic carbocycles. The monoisotopic (exact) mass is 293 g/mol. The second-order valence-corrected chi connectivity index (χ2v) is 7.17. The van der Waals surface area contributed by atoms with Crippen LogP contribution < -0.4 is 11.1 Å². The third-order valence-electron chi connectivity index (χ3n) is 2.51. The molecule has 3 N–H and O–H groups in total. The van der Waals surface area contributed by atoms with Crippen LogP contribution in [0.4, 0.5) is 10.8 Å². The minimum absolute atomic E-state index is 0.00958. The molecule has 1 aromatic heterocycles. The van der Waals surface area contributed by atoms with Crippen LogP contribution in [0.5, 0.6) is 0 Å². The molecule has 1 rings (SSSR count). The van der Waals surface area contributed by atoms with Gasteiger partial charge in [0.05, 0.1) is 12.6 Å². The maximum atomic E-state index is 11.7. The van der Waals surface area contributed by atoms with Crippen molar-refractivity contribution in [3.05, 3.63) is 0 Å². The van der Waals surface area contributed by atoms with Gasteiger partial charge in [-0.2, -0.15) is 4.37 Å². The molecule has 1 unspecified atom stereocenters. The molecule has 0 radical (unpaired) electrons. The zero-order valence-electron chi connectivity index (χ0n) is 10.9. The first-order valence-electron chi connectivity index (χ1n) is 5.48. The van der Waals surface area contributed by atoms with E-state index in [-0.39, 0.29) is 16.8 Å². The summed E-state index contributed by atoms with van der Waals surface area (Å²) in [6.07, 6.45) is 1.12. The fourth-order valence-corrected chi connectivity index (χ4v) is 3.61. The smallest absolute Gasteiger partial charge is 0.182 e. The Morgan fingerprint density at radius 3 is 2.56 bits per heavy atom. The van der Waals surface area contributed by atoms with Crippen molar-refractivity contribution in [1.82, 2.24) is 4.37 Å². The predicted molar refractivity (Wildman–Crippen MR) is 73.8 cm³/mol. The second kappa shape index (κ2) is 5.85. The molecule has 0 aliphatic heterocycles. The number of rotatable bonds is 6. The summed E-state index contributed by atoms with van der Waals surface area (Å²) < 4.78 is 32.3. The fraction of sp³-hybridized carbons (Fsp3) is 0.700. The fourth-order valence-electron chi connectivity index (χ4n) is 1.49. The van der Waals surface area contributed by atoms with Gasteiger partial charge in [-0.1, -0.05) is 13.8 Å². The van der Waals surface area contributed by atoms with E-state index in [9.17, 15) is 8.42 Å². The molecule has 0 saturated heterocycles. The van der Waals surface area contributed by atoms with E-state index in [0.29, 0.717) is 17.5 Å². The van der Waals surface area contributed by atoms with E-state index in [1.54, 1.807) is 7.11 Å². The highest BCUT2D eigenvalue weighted by Crippen LogP contribution is 2.32. The Balaban J connectivity index is 3.04. The van der Waals surface area contributed by atoms with E-state index >= 15 is 0 Å². The predicted octanol–water partition coefficient (Wildman–Crippen LogP) is 1.21. The Morgan fingerprint density at radius 2 is 2.11 bits per heavy atom. The standard InChI is InChI=1S/C10H19N3O3S2/c1-6(2)7(5-16-3)12-10-8(18(4,14)15)9(11)13-17-10/h6-7,12H,5H2,1-4H3,(H2,11,13). The van der Waals surface area contributed by atoms with Crippen molar-refractivity contribution in [3.63, 3.8) is 0 Å². The first-order chi connectivity index (χ1) is 8.27. The van der Waals surface area contributed by atoms with Gasteiger partial charge in [0.1, 0.15) is 9.90 Å². The molecule has 0 bridgehead atoms. The van der Waals surface area contributed by atoms with Crippen LogP contribution in [0.1, 0.15) is 13.8 Å². The van der Waals surface area contributed by atoms with Crippen molar-refractivity contribution in [2.45, 2.75) is 24.8 Å². The van der Waals surface area contributed by atoms with Crippen LogP contribution in [-0.2, 0) is 14.6 Å². The summed E-state index contributed by atoms with van der Waals surface area (Å²) in [5.41, 5.74) is 5.60. The van der Waals surface area contributed by atoms with Crippen LogP contribution in [0.3, 0.4) is 0 Å². The zero-order chi connectivity index (χ0) is 13.9. The second-order valence-electron chi connectivity index (χ2n) is 4.45. The van der Waals surface area contributed by atoms with E-state index in [1.807, 2.05) is 13.8 Å². The molecule has 1 aromatic rings. The quantitative estimate of drug-likeness (QED) is 0.818. The molecule has 8 heteroatoms. The van der Waals surface area contributed by atoms with E-state index in [1.165, 1.54) is 0 Å². The molecule has 18 heavy (non-hydrogen) atoms. The summed E-state index contributed by atoms with van der Waals surface area (Å²) in [6, 6.07) is 0.00958. The summed E-state index contributed by atoms with van der Waals surface area (Å²) >= 11 is 1.05. The van der Waals surface area contributed by atoms with Gasteiger partial charge in [-0.3, -0.25) is 0 Å². The van der Waals surface area contributed by atoms with Gasteiger partial charge in [0.2, 0.25) is 0 Å². The van der Waals surface area contributed by atoms with Crippen LogP contribution in [-0.4, -0.2) is 38.8 Å². The highest BCUT2D eigenvalue weighted by atomic mass is 32.2. The average molecular weight is 293 g/mol. The minimum Gasteiger partial charge on any atom is -0.383 e. The Bertz CT molecular complexity index is 496. The number of hydrogen-bond acceptors (Lipinski definition) is 7. The number of ether oxygens (including phenoxy) is 1. The number of hydrogen-bond donors (Lipinski definition) is 2. The molecule has 0 aliphatic carbocycles. The Hall–Kier alpha value is -0.860. The maximum absolute atomic E-state index is 11.7. The highest BCUT2D eigenvalue weighted by molar-refractivity contribution is 7.91. The Kier molecular flexibility index (Phi) is 4.94. The lowest BCUT2D eigenvalue weighted by Gasteiger charge is -2.22. The number of methoxy groups -OCH3 is 1. The largest absolute Gasteiger partial charge is 0.383 e. The Morgan fingerprint density at radius 1 is 1.50 bits per heavy atom. The summed E-state index contributed by atoms with van der Waals surface area (Å²) in [5.74, 6) is 0.339. The number of nitrogens with zero attached hydrogens (tertiary/aromatic N) is 1. The molecule has 1 atom stereocenters. The Labute approximate surface area is 112 Å². The van der Waals surface area contributed by atoms with Gasteiger partial charge in [-0.15, -0.1) is 0 Å². The van der Waals surface area contributed by atoms with Gasteiger partial charge in [-0.25, -0.2) is 8.42 Å². The molecule has 0 spiro atoms. The first-order valence-corrected chi connectivity index (χ1v) is 8.14. The number of anilines is 2. The third kappa shape index (κ3) is 3.56. The lowest BCUT2D eigenvalue weighted by Crippen LogP contribution is -2.30. The number of aromatic nitrogens is 1. The SMILES string of the molecule is COCC(Nc1snc(N)c1S(C)(=O)=O)C(C)C. The normalized spacial score (nSPS) is 13.8. The highest BCUT2D eigenvalue weighted by Gasteiger charge is 2.24. The average Bonchev–Trinajstić information content (AvgIpc) is 2.58. The van der Waals surface area contributed by atoms with Crippen LogP contribution >= 0.6 is 11.5 Å². The lowest BCUT2D eigenvalue weighted by atomic mass is 10.1. The number of nitrogens with two attached hydrogens (primary N) is 1. The van der Waals surface area contributed by atoms with Crippen molar-refractivity contribution in [3.8, 4) is 0 Å². The van der Waals surface area contributed by atoms with Crippen molar-refractivity contribution < 1.29 is 13.2 Å². The van der Waals surface area contributed by atoms with Gasteiger partial charge in [0.25, 0.3) is 0 Å². The minimum atomic E-state index is -3.39. The van der Waals surface area contributed by atoms with E-state index in [4.69, 9.17) is 10.5 Å². The van der Waals surface area contributed by atoms with Gasteiger partial charge in [-0.05, 0) is 17.5 Å². The zero-order valence-corrected chi connectivity index (χ0v) is 12.6. The molecule has 0 fully saturated rings. The molecule has 0 amide bonds. The van der Waals surface area contributed by atoms with Gasteiger partial charge in [0.15, 0.2) is 15.7 Å². The van der Waals surface area contributed by atoms with Gasteiger partial charge >= 0.3 is 0 Å². The number of sulfone groups is 1. The molecule has 1 heterocycles. The van der Waals surface area contributed by atoms with Crippen molar-refractivity contribution in [2.75, 3.05) is 31.0 Å². The molecule has 0 aliphatic rings. The van der Waals surface area contributed by atoms with Crippen molar-refractivity contribution >= 4 is 32.2 Å². The first kappa shape index (κ1) is 15.2. The lowest BCUT2D eigenvalue weighted by molar-refractivity contribution is 0.171. The van der Waals surface area contributed by atoms with Crippen LogP contribution in [0.15, 0.2) is 4.90 Å². The van der Waals surface area contributed by atoms with Crippen LogP contribution in [0.25, 0.3) is 0 Å². The van der Waals surface area contributed by atoms with Crippen LogP contribution in [0, 0.1) is 5.92 Å². The molecule has 0 saturated carbocycles. The molecule has 6 nitrogen and oxygen atoms in total. The van der Waals surface area contributed by atoms with Crippen molar-refractivity contribution in [1.29, 1.82) is 0 Å². The molecular formula is C10H19N3O3S2. The molecular weight excluding hydrogens is 274 g/mol.